The first-order chi connectivity index (χ1) is 16.4. The van der Waals surface area contributed by atoms with Crippen LogP contribution in [0.4, 0.5) is 9.18 Å². The van der Waals surface area contributed by atoms with Crippen molar-refractivity contribution in [2.75, 3.05) is 0 Å². The first-order valence-electron chi connectivity index (χ1n) is 11.1. The number of thiophene rings is 1. The van der Waals surface area contributed by atoms with Crippen molar-refractivity contribution in [3.05, 3.63) is 52.1 Å². The fraction of sp³-hybridized carbons (Fsp3) is 0.348. The molecule has 34 heavy (non-hydrogen) atoms. The van der Waals surface area contributed by atoms with Crippen molar-refractivity contribution in [1.82, 2.24) is 25.3 Å². The number of amides is 4. The van der Waals surface area contributed by atoms with Crippen molar-refractivity contribution in [3.63, 3.8) is 0 Å². The number of halogens is 1. The number of hydrazine groups is 1. The zero-order chi connectivity index (χ0) is 23.9. The number of carbonyl (C=O) groups is 3. The Morgan fingerprint density at radius 2 is 1.88 bits per heavy atom. The second-order valence-corrected chi connectivity index (χ2v) is 9.44. The molecule has 1 spiro atoms. The Hall–Kier alpha value is -3.60. The van der Waals surface area contributed by atoms with Crippen molar-refractivity contribution >= 4 is 39.4 Å². The van der Waals surface area contributed by atoms with Gasteiger partial charge in [0.2, 0.25) is 5.91 Å². The molecule has 176 valence electrons. The Labute approximate surface area is 197 Å². The number of fused-ring (bicyclic) bond motifs is 1. The molecule has 4 amide bonds. The molecule has 0 unspecified atom stereocenters. The average molecular weight is 484 g/mol. The number of nitrogens with one attached hydrogen (secondary N) is 2. The molecule has 2 aliphatic rings. The predicted octanol–water partition coefficient (Wildman–Crippen LogP) is 2.94. The lowest BCUT2D eigenvalue weighted by atomic mass is 9.82. The summed E-state index contributed by atoms with van der Waals surface area (Å²) in [6.45, 7) is 0.0150. The van der Waals surface area contributed by atoms with Gasteiger partial charge in [-0.15, -0.1) is 11.3 Å². The third kappa shape index (κ3) is 3.85. The average Bonchev–Trinajstić information content (AvgIpc) is 3.35. The van der Waals surface area contributed by atoms with Gasteiger partial charge in [0.1, 0.15) is 16.2 Å². The van der Waals surface area contributed by atoms with E-state index in [4.69, 9.17) is 0 Å². The number of nitrogens with zero attached hydrogens (tertiary/aromatic N) is 3. The van der Waals surface area contributed by atoms with Crippen LogP contribution in [-0.4, -0.2) is 37.9 Å². The molecule has 0 bridgehead atoms. The van der Waals surface area contributed by atoms with E-state index in [-0.39, 0.29) is 24.3 Å². The van der Waals surface area contributed by atoms with E-state index in [9.17, 15) is 23.6 Å². The third-order valence-corrected chi connectivity index (χ3v) is 7.29. The highest BCUT2D eigenvalue weighted by Crippen LogP contribution is 2.33. The Bertz CT molecular complexity index is 1340. The summed E-state index contributed by atoms with van der Waals surface area (Å²) in [5, 5.41) is 5.68. The van der Waals surface area contributed by atoms with Crippen LogP contribution in [0.25, 0.3) is 21.3 Å². The maximum atomic E-state index is 13.3. The molecular formula is C23H22FN5O4S. The molecule has 1 aliphatic carbocycles. The fourth-order valence-corrected chi connectivity index (χ4v) is 5.49. The smallest absolute Gasteiger partial charge is 0.322 e. The molecule has 0 atom stereocenters. The fourth-order valence-electron chi connectivity index (χ4n) is 4.59. The van der Waals surface area contributed by atoms with Gasteiger partial charge in [0, 0.05) is 23.9 Å². The van der Waals surface area contributed by atoms with Crippen LogP contribution < -0.4 is 16.3 Å². The van der Waals surface area contributed by atoms with Gasteiger partial charge in [-0.25, -0.2) is 14.2 Å². The molecule has 3 heterocycles. The standard InChI is InChI=1S/C23H22FN5O4S/c24-15-6-4-14(5-7-15)16-12-34-19-18(16)20(31)28(13-25-19)11-8-17(30)27-29-21(32)23(26-22(29)33)9-2-1-3-10-23/h4-7,12-13H,1-3,8-11H2,(H,26,33)(H,27,30). The number of urea groups is 1. The van der Waals surface area contributed by atoms with Gasteiger partial charge in [-0.05, 0) is 30.5 Å². The molecule has 9 nitrogen and oxygen atoms in total. The molecule has 1 saturated heterocycles. The molecule has 2 aromatic heterocycles. The summed E-state index contributed by atoms with van der Waals surface area (Å²) in [4.78, 5) is 55.6. The lowest BCUT2D eigenvalue weighted by Gasteiger charge is -2.30. The number of benzene rings is 1. The summed E-state index contributed by atoms with van der Waals surface area (Å²) in [6, 6.07) is 5.20. The molecule has 1 aliphatic heterocycles. The van der Waals surface area contributed by atoms with Crippen LogP contribution in [-0.2, 0) is 16.1 Å². The van der Waals surface area contributed by atoms with Gasteiger partial charge in [0.15, 0.2) is 0 Å². The molecular weight excluding hydrogens is 461 g/mol. The summed E-state index contributed by atoms with van der Waals surface area (Å²) < 4.78 is 14.6. The van der Waals surface area contributed by atoms with Crippen molar-refractivity contribution in [2.45, 2.75) is 50.6 Å². The van der Waals surface area contributed by atoms with Crippen molar-refractivity contribution < 1.29 is 18.8 Å². The molecule has 0 radical (unpaired) electrons. The van der Waals surface area contributed by atoms with E-state index in [1.54, 1.807) is 17.5 Å². The summed E-state index contributed by atoms with van der Waals surface area (Å²) >= 11 is 1.31. The minimum absolute atomic E-state index is 0.0150. The number of aromatic nitrogens is 2. The lowest BCUT2D eigenvalue weighted by Crippen LogP contribution is -2.51. The van der Waals surface area contributed by atoms with Gasteiger partial charge < -0.3 is 5.32 Å². The summed E-state index contributed by atoms with van der Waals surface area (Å²) in [5.41, 5.74) is 2.47. The molecule has 1 saturated carbocycles. The second-order valence-electron chi connectivity index (χ2n) is 8.58. The Morgan fingerprint density at radius 1 is 1.15 bits per heavy atom. The summed E-state index contributed by atoms with van der Waals surface area (Å²) in [7, 11) is 0. The SMILES string of the molecule is O=C(CCn1cnc2scc(-c3ccc(F)cc3)c2c1=O)NN1C(=O)NC2(CCCCC2)C1=O. The molecule has 5 rings (SSSR count). The number of imide groups is 1. The summed E-state index contributed by atoms with van der Waals surface area (Å²) in [5.74, 6) is -1.37. The summed E-state index contributed by atoms with van der Waals surface area (Å²) in [6.07, 6.45) is 5.05. The van der Waals surface area contributed by atoms with E-state index in [1.807, 2.05) is 0 Å². The highest BCUT2D eigenvalue weighted by atomic mass is 32.1. The maximum absolute atomic E-state index is 13.3. The normalized spacial score (nSPS) is 17.4. The van der Waals surface area contributed by atoms with E-state index in [0.29, 0.717) is 34.2 Å². The first-order valence-corrected chi connectivity index (χ1v) is 11.9. The highest BCUT2D eigenvalue weighted by Gasteiger charge is 2.52. The van der Waals surface area contributed by atoms with Crippen LogP contribution in [0, 0.1) is 5.82 Å². The number of rotatable bonds is 5. The molecule has 1 aromatic carbocycles. The second kappa shape index (κ2) is 8.64. The van der Waals surface area contributed by atoms with Gasteiger partial charge in [-0.1, -0.05) is 31.4 Å². The van der Waals surface area contributed by atoms with Gasteiger partial charge >= 0.3 is 6.03 Å². The first kappa shape index (κ1) is 22.2. The van der Waals surface area contributed by atoms with E-state index in [0.717, 1.165) is 24.3 Å². The minimum atomic E-state index is -0.926. The van der Waals surface area contributed by atoms with Crippen LogP contribution in [0.3, 0.4) is 0 Å². The van der Waals surface area contributed by atoms with Gasteiger partial charge in [-0.2, -0.15) is 5.01 Å². The maximum Gasteiger partial charge on any atom is 0.344 e. The minimum Gasteiger partial charge on any atom is -0.322 e. The van der Waals surface area contributed by atoms with Crippen molar-refractivity contribution in [1.29, 1.82) is 0 Å². The molecule has 11 heteroatoms. The van der Waals surface area contributed by atoms with Crippen molar-refractivity contribution in [2.24, 2.45) is 0 Å². The Kier molecular flexibility index (Phi) is 5.64. The van der Waals surface area contributed by atoms with Gasteiger partial charge in [0.05, 0.1) is 11.7 Å². The van der Waals surface area contributed by atoms with E-state index in [1.165, 1.54) is 34.4 Å². The zero-order valence-electron chi connectivity index (χ0n) is 18.2. The predicted molar refractivity (Wildman–Crippen MR) is 123 cm³/mol. The number of hydrogen-bond donors (Lipinski definition) is 2. The van der Waals surface area contributed by atoms with Crippen LogP contribution in [0.2, 0.25) is 0 Å². The highest BCUT2D eigenvalue weighted by molar-refractivity contribution is 7.17. The van der Waals surface area contributed by atoms with E-state index < -0.39 is 23.4 Å². The Morgan fingerprint density at radius 3 is 2.62 bits per heavy atom. The number of aryl methyl sites for hydroxylation is 1. The molecule has 2 fully saturated rings. The lowest BCUT2D eigenvalue weighted by molar-refractivity contribution is -0.140. The van der Waals surface area contributed by atoms with Crippen LogP contribution >= 0.6 is 11.3 Å². The number of hydrogen-bond acceptors (Lipinski definition) is 6. The van der Waals surface area contributed by atoms with Crippen LogP contribution in [0.5, 0.6) is 0 Å². The van der Waals surface area contributed by atoms with Crippen LogP contribution in [0.15, 0.2) is 40.8 Å². The quantitative estimate of drug-likeness (QED) is 0.542. The zero-order valence-corrected chi connectivity index (χ0v) is 19.0. The third-order valence-electron chi connectivity index (χ3n) is 6.40. The Balaban J connectivity index is 1.30. The monoisotopic (exact) mass is 483 g/mol. The largest absolute Gasteiger partial charge is 0.344 e. The van der Waals surface area contributed by atoms with E-state index in [2.05, 4.69) is 15.7 Å². The van der Waals surface area contributed by atoms with Gasteiger partial charge in [0.25, 0.3) is 11.5 Å². The van der Waals surface area contributed by atoms with E-state index >= 15 is 0 Å². The molecule has 2 N–H and O–H groups in total. The van der Waals surface area contributed by atoms with Crippen molar-refractivity contribution in [3.8, 4) is 11.1 Å². The topological polar surface area (TPSA) is 113 Å². The van der Waals surface area contributed by atoms with Crippen LogP contribution in [0.1, 0.15) is 38.5 Å². The molecule has 3 aromatic rings. The number of carbonyl (C=O) groups excluding carboxylic acids is 3. The van der Waals surface area contributed by atoms with Gasteiger partial charge in [-0.3, -0.25) is 24.4 Å².